The second-order valence-electron chi connectivity index (χ2n) is 3.99. The van der Waals surface area contributed by atoms with E-state index in [9.17, 15) is 9.59 Å². The van der Waals surface area contributed by atoms with Crippen LogP contribution in [0.25, 0.3) is 0 Å². The number of ether oxygens (including phenoxy) is 2. The van der Waals surface area contributed by atoms with Crippen molar-refractivity contribution in [3.63, 3.8) is 0 Å². The summed E-state index contributed by atoms with van der Waals surface area (Å²) in [5.41, 5.74) is 0. The fourth-order valence-corrected chi connectivity index (χ4v) is 1.49. The van der Waals surface area contributed by atoms with Crippen LogP contribution >= 0.6 is 0 Å². The first-order valence-electron chi connectivity index (χ1n) is 6.34. The molecule has 0 saturated carbocycles. The van der Waals surface area contributed by atoms with E-state index >= 15 is 0 Å². The minimum atomic E-state index is -1.04. The van der Waals surface area contributed by atoms with E-state index in [-0.39, 0.29) is 26.2 Å². The summed E-state index contributed by atoms with van der Waals surface area (Å²) in [6.07, 6.45) is 0.184. The number of hydrogen-bond acceptors (Lipinski definition) is 7. The molecule has 0 bridgehead atoms. The first-order valence-corrected chi connectivity index (χ1v) is 6.34. The zero-order chi connectivity index (χ0) is 15.5. The van der Waals surface area contributed by atoms with Crippen LogP contribution in [0.2, 0.25) is 0 Å². The average molecular weight is 281 g/mol. The molecule has 0 heterocycles. The van der Waals surface area contributed by atoms with Crippen molar-refractivity contribution in [3.05, 3.63) is 0 Å². The first kappa shape index (κ1) is 17.9. The zero-order valence-electron chi connectivity index (χ0n) is 12.0. The highest BCUT2D eigenvalue weighted by Crippen LogP contribution is 2.08. The SMILES string of the molecule is CCOC(=O)C(C#N)CCN(C)C(C#N)C(=O)OCC. The maximum atomic E-state index is 11.5. The number of nitriles is 2. The molecule has 0 saturated heterocycles. The van der Waals surface area contributed by atoms with Gasteiger partial charge < -0.3 is 9.47 Å². The Morgan fingerprint density at radius 1 is 1.10 bits per heavy atom. The van der Waals surface area contributed by atoms with Crippen LogP contribution in [-0.4, -0.2) is 49.7 Å². The molecule has 0 aromatic rings. The Morgan fingerprint density at radius 3 is 2.10 bits per heavy atom. The molecule has 0 fully saturated rings. The van der Waals surface area contributed by atoms with Crippen LogP contribution in [0.15, 0.2) is 0 Å². The molecule has 20 heavy (non-hydrogen) atoms. The van der Waals surface area contributed by atoms with Crippen molar-refractivity contribution < 1.29 is 19.1 Å². The molecule has 0 amide bonds. The van der Waals surface area contributed by atoms with Gasteiger partial charge in [0.05, 0.1) is 25.4 Å². The second kappa shape index (κ2) is 9.76. The summed E-state index contributed by atoms with van der Waals surface area (Å²) in [6, 6.07) is 2.64. The molecule has 0 spiro atoms. The van der Waals surface area contributed by atoms with Crippen LogP contribution in [0.4, 0.5) is 0 Å². The van der Waals surface area contributed by atoms with Crippen molar-refractivity contribution >= 4 is 11.9 Å². The Labute approximate surface area is 118 Å². The molecule has 0 aromatic heterocycles. The Bertz CT molecular complexity index is 411. The molecule has 2 atom stereocenters. The van der Waals surface area contributed by atoms with Crippen molar-refractivity contribution in [1.29, 1.82) is 10.5 Å². The molecule has 0 aromatic carbocycles. The Morgan fingerprint density at radius 2 is 1.65 bits per heavy atom. The zero-order valence-corrected chi connectivity index (χ0v) is 12.0. The number of carbonyl (C=O) groups is 2. The number of esters is 2. The van der Waals surface area contributed by atoms with Gasteiger partial charge in [-0.3, -0.25) is 9.69 Å². The van der Waals surface area contributed by atoms with Gasteiger partial charge in [-0.2, -0.15) is 10.5 Å². The molecule has 0 aliphatic carbocycles. The fraction of sp³-hybridized carbons (Fsp3) is 0.692. The van der Waals surface area contributed by atoms with Crippen molar-refractivity contribution in [3.8, 4) is 12.1 Å². The van der Waals surface area contributed by atoms with E-state index in [2.05, 4.69) is 0 Å². The topological polar surface area (TPSA) is 103 Å². The second-order valence-corrected chi connectivity index (χ2v) is 3.99. The van der Waals surface area contributed by atoms with Crippen LogP contribution in [0.3, 0.4) is 0 Å². The lowest BCUT2D eigenvalue weighted by molar-refractivity contribution is -0.147. The summed E-state index contributed by atoms with van der Waals surface area (Å²) in [4.78, 5) is 24.4. The van der Waals surface area contributed by atoms with E-state index in [0.29, 0.717) is 0 Å². The first-order chi connectivity index (χ1) is 9.51. The molecule has 0 radical (unpaired) electrons. The van der Waals surface area contributed by atoms with E-state index in [4.69, 9.17) is 20.0 Å². The third-order valence-electron chi connectivity index (χ3n) is 2.57. The van der Waals surface area contributed by atoms with Crippen molar-refractivity contribution in [1.82, 2.24) is 4.90 Å². The van der Waals surface area contributed by atoms with Crippen LogP contribution < -0.4 is 0 Å². The predicted molar refractivity (Wildman–Crippen MR) is 69.0 cm³/mol. The van der Waals surface area contributed by atoms with E-state index in [1.54, 1.807) is 20.9 Å². The lowest BCUT2D eigenvalue weighted by Crippen LogP contribution is -2.40. The van der Waals surface area contributed by atoms with Gasteiger partial charge in [-0.15, -0.1) is 0 Å². The largest absolute Gasteiger partial charge is 0.465 e. The molecule has 7 nitrogen and oxygen atoms in total. The highest BCUT2D eigenvalue weighted by atomic mass is 16.5. The number of nitrogens with zero attached hydrogens (tertiary/aromatic N) is 3. The normalized spacial score (nSPS) is 12.9. The van der Waals surface area contributed by atoms with E-state index in [1.165, 1.54) is 4.90 Å². The van der Waals surface area contributed by atoms with Gasteiger partial charge in [0.25, 0.3) is 0 Å². The molecule has 0 aliphatic heterocycles. The number of carbonyl (C=O) groups excluding carboxylic acids is 2. The summed E-state index contributed by atoms with van der Waals surface area (Å²) in [6.45, 7) is 3.93. The molecule has 0 rings (SSSR count). The van der Waals surface area contributed by atoms with Gasteiger partial charge in [0.2, 0.25) is 0 Å². The number of likely N-dealkylation sites (N-methyl/N-ethyl adjacent to an activating group) is 1. The third kappa shape index (κ3) is 5.68. The molecule has 7 heteroatoms. The van der Waals surface area contributed by atoms with Gasteiger partial charge in [-0.1, -0.05) is 0 Å². The lowest BCUT2D eigenvalue weighted by Gasteiger charge is -2.21. The minimum absolute atomic E-state index is 0.184. The van der Waals surface area contributed by atoms with Crippen molar-refractivity contribution in [2.75, 3.05) is 26.8 Å². The molecule has 2 unspecified atom stereocenters. The third-order valence-corrected chi connectivity index (χ3v) is 2.57. The maximum absolute atomic E-state index is 11.5. The summed E-state index contributed by atoms with van der Waals surface area (Å²) in [5, 5.41) is 17.9. The van der Waals surface area contributed by atoms with Gasteiger partial charge in [0.1, 0.15) is 5.92 Å². The predicted octanol–water partition coefficient (Wildman–Crippen LogP) is 0.466. The summed E-state index contributed by atoms with van der Waals surface area (Å²) < 4.78 is 9.54. The van der Waals surface area contributed by atoms with Crippen molar-refractivity contribution in [2.45, 2.75) is 26.3 Å². The molecule has 0 aliphatic rings. The van der Waals surface area contributed by atoms with Gasteiger partial charge in [0.15, 0.2) is 6.04 Å². The maximum Gasteiger partial charge on any atom is 0.338 e. The van der Waals surface area contributed by atoms with Crippen LogP contribution in [0.5, 0.6) is 0 Å². The van der Waals surface area contributed by atoms with E-state index in [1.807, 2.05) is 12.1 Å². The lowest BCUT2D eigenvalue weighted by atomic mass is 10.1. The van der Waals surface area contributed by atoms with Gasteiger partial charge in [-0.05, 0) is 27.3 Å². The van der Waals surface area contributed by atoms with Crippen LogP contribution in [0.1, 0.15) is 20.3 Å². The van der Waals surface area contributed by atoms with Gasteiger partial charge >= 0.3 is 11.9 Å². The van der Waals surface area contributed by atoms with Crippen molar-refractivity contribution in [2.24, 2.45) is 5.92 Å². The average Bonchev–Trinajstić information content (AvgIpc) is 2.40. The van der Waals surface area contributed by atoms with E-state index in [0.717, 1.165) is 0 Å². The summed E-state index contributed by atoms with van der Waals surface area (Å²) in [7, 11) is 1.56. The highest BCUT2D eigenvalue weighted by Gasteiger charge is 2.26. The molecular formula is C13H19N3O4. The highest BCUT2D eigenvalue weighted by molar-refractivity contribution is 5.79. The Balaban J connectivity index is 4.48. The Hall–Kier alpha value is -2.12. The van der Waals surface area contributed by atoms with E-state index < -0.39 is 23.9 Å². The number of hydrogen-bond donors (Lipinski definition) is 0. The summed E-state index contributed by atoms with van der Waals surface area (Å²) >= 11 is 0. The molecule has 0 N–H and O–H groups in total. The van der Waals surface area contributed by atoms with Crippen LogP contribution in [-0.2, 0) is 19.1 Å². The fourth-order valence-electron chi connectivity index (χ4n) is 1.49. The monoisotopic (exact) mass is 281 g/mol. The van der Waals surface area contributed by atoms with Crippen LogP contribution in [0, 0.1) is 28.6 Å². The Kier molecular flexibility index (Phi) is 8.73. The quantitative estimate of drug-likeness (QED) is 0.595. The molecular weight excluding hydrogens is 262 g/mol. The standard InChI is InChI=1S/C13H19N3O4/c1-4-19-12(17)10(8-14)6-7-16(3)11(9-15)13(18)20-5-2/h10-11H,4-7H2,1-3H3. The smallest absolute Gasteiger partial charge is 0.338 e. The van der Waals surface area contributed by atoms with Gasteiger partial charge in [0, 0.05) is 6.54 Å². The summed E-state index contributed by atoms with van der Waals surface area (Å²) in [5.74, 6) is -2.13. The van der Waals surface area contributed by atoms with Gasteiger partial charge in [-0.25, -0.2) is 4.79 Å². The minimum Gasteiger partial charge on any atom is -0.465 e. The number of rotatable bonds is 8. The molecule has 110 valence electrons.